The van der Waals surface area contributed by atoms with Crippen molar-refractivity contribution in [2.24, 2.45) is 0 Å². The monoisotopic (exact) mass is 576 g/mol. The Morgan fingerprint density at radius 3 is 2.72 bits per heavy atom. The minimum absolute atomic E-state index is 0.00668. The number of rotatable bonds is 6. The number of aromatic nitrogens is 2. The Labute approximate surface area is 234 Å². The van der Waals surface area contributed by atoms with E-state index in [0.717, 1.165) is 16.0 Å². The van der Waals surface area contributed by atoms with E-state index < -0.39 is 34.1 Å². The number of halogens is 2. The summed E-state index contributed by atoms with van der Waals surface area (Å²) in [4.78, 5) is 48.0. The normalized spacial score (nSPS) is 20.6. The molecule has 0 bridgehead atoms. The average molecular weight is 577 g/mol. The fraction of sp³-hybridized carbons (Fsp3) is 0.480. The number of amides is 1. The largest absolute Gasteiger partial charge is 0.468 e. The van der Waals surface area contributed by atoms with Crippen molar-refractivity contribution in [1.82, 2.24) is 14.9 Å². The Morgan fingerprint density at radius 2 is 2.08 bits per heavy atom. The van der Waals surface area contributed by atoms with Gasteiger partial charge in [0.2, 0.25) is 11.1 Å². The first-order valence-corrected chi connectivity index (χ1v) is 13.0. The minimum atomic E-state index is -1.30. The van der Waals surface area contributed by atoms with Gasteiger partial charge >= 0.3 is 17.7 Å². The number of nitriles is 1. The molecule has 1 amide bonds. The van der Waals surface area contributed by atoms with Crippen LogP contribution in [-0.2, 0) is 27.8 Å². The van der Waals surface area contributed by atoms with E-state index in [4.69, 9.17) is 27.9 Å². The van der Waals surface area contributed by atoms with Crippen molar-refractivity contribution in [2.45, 2.75) is 50.5 Å². The molecule has 1 aliphatic heterocycles. The van der Waals surface area contributed by atoms with E-state index in [9.17, 15) is 30.1 Å². The summed E-state index contributed by atoms with van der Waals surface area (Å²) < 4.78 is 5.22. The standard InChI is InChI=1S/C25H26Cl2N6O6/c1-14-10-17-16(18(26)11-14)4-3-6-25(17,22(34)39-2)12-19-20(33(37)38)21(30-23(27)29-19)31-8-9-32(24(35)36)15(13-31)5-7-28/h10-11,15H,3-6,8-9,12-13H2,1-2H3,(H,35,36)/t15-,25?/m0/s1. The summed E-state index contributed by atoms with van der Waals surface area (Å²) in [6.45, 7) is 1.93. The van der Waals surface area contributed by atoms with Gasteiger partial charge in [-0.3, -0.25) is 14.9 Å². The van der Waals surface area contributed by atoms with Crippen molar-refractivity contribution < 1.29 is 24.4 Å². The van der Waals surface area contributed by atoms with Crippen molar-refractivity contribution >= 4 is 46.8 Å². The van der Waals surface area contributed by atoms with Gasteiger partial charge in [-0.05, 0) is 60.5 Å². The number of fused-ring (bicyclic) bond motifs is 1. The lowest BCUT2D eigenvalue weighted by atomic mass is 9.67. The first kappa shape index (κ1) is 28.3. The van der Waals surface area contributed by atoms with E-state index in [0.29, 0.717) is 29.8 Å². The maximum atomic E-state index is 13.4. The summed E-state index contributed by atoms with van der Waals surface area (Å²) in [6, 6.07) is 4.90. The number of nitro groups is 1. The van der Waals surface area contributed by atoms with Gasteiger partial charge in [-0.25, -0.2) is 9.78 Å². The van der Waals surface area contributed by atoms with Gasteiger partial charge in [-0.2, -0.15) is 10.2 Å². The first-order valence-electron chi connectivity index (χ1n) is 12.2. The highest BCUT2D eigenvalue weighted by Gasteiger charge is 2.48. The van der Waals surface area contributed by atoms with Gasteiger partial charge in [-0.15, -0.1) is 0 Å². The van der Waals surface area contributed by atoms with E-state index in [2.05, 4.69) is 9.97 Å². The lowest BCUT2D eigenvalue weighted by Crippen LogP contribution is -2.55. The van der Waals surface area contributed by atoms with Crippen molar-refractivity contribution in [2.75, 3.05) is 31.6 Å². The predicted molar refractivity (Wildman–Crippen MR) is 141 cm³/mol. The number of ether oxygens (including phenoxy) is 1. The lowest BCUT2D eigenvalue weighted by Gasteiger charge is -2.39. The van der Waals surface area contributed by atoms with Crippen LogP contribution in [0.4, 0.5) is 16.3 Å². The summed E-state index contributed by atoms with van der Waals surface area (Å²) >= 11 is 12.8. The van der Waals surface area contributed by atoms with E-state index in [1.165, 1.54) is 12.0 Å². The molecule has 14 heteroatoms. The van der Waals surface area contributed by atoms with Gasteiger partial charge in [0.15, 0.2) is 0 Å². The summed E-state index contributed by atoms with van der Waals surface area (Å²) in [6.07, 6.45) is 0.105. The molecule has 2 aliphatic rings. The number of benzene rings is 1. The van der Waals surface area contributed by atoms with Crippen LogP contribution in [0.5, 0.6) is 0 Å². The molecule has 1 unspecified atom stereocenters. The zero-order chi connectivity index (χ0) is 28.5. The van der Waals surface area contributed by atoms with Crippen LogP contribution in [0.25, 0.3) is 0 Å². The smallest absolute Gasteiger partial charge is 0.407 e. The average Bonchev–Trinajstić information content (AvgIpc) is 2.88. The molecule has 1 N–H and O–H groups in total. The van der Waals surface area contributed by atoms with Gasteiger partial charge in [0.1, 0.15) is 5.69 Å². The minimum Gasteiger partial charge on any atom is -0.468 e. The van der Waals surface area contributed by atoms with Crippen LogP contribution in [0, 0.1) is 28.4 Å². The third kappa shape index (κ3) is 5.29. The molecule has 1 aliphatic carbocycles. The van der Waals surface area contributed by atoms with Gasteiger partial charge in [0, 0.05) is 31.1 Å². The number of carbonyl (C=O) groups excluding carboxylic acids is 1. The van der Waals surface area contributed by atoms with Crippen molar-refractivity contribution in [3.63, 3.8) is 0 Å². The molecule has 1 saturated heterocycles. The van der Waals surface area contributed by atoms with E-state index in [-0.39, 0.29) is 49.3 Å². The fourth-order valence-corrected chi connectivity index (χ4v) is 6.22. The van der Waals surface area contributed by atoms with Crippen LogP contribution >= 0.6 is 23.2 Å². The quantitative estimate of drug-likeness (QED) is 0.229. The molecule has 0 radical (unpaired) electrons. The molecule has 1 aromatic heterocycles. The number of nitrogens with zero attached hydrogens (tertiary/aromatic N) is 6. The number of methoxy groups -OCH3 is 1. The Hall–Kier alpha value is -3.69. The summed E-state index contributed by atoms with van der Waals surface area (Å²) in [5.74, 6) is -0.666. The molecule has 39 heavy (non-hydrogen) atoms. The number of esters is 1. The first-order chi connectivity index (χ1) is 18.5. The third-order valence-electron chi connectivity index (χ3n) is 7.38. The molecule has 1 fully saturated rings. The number of carboxylic acid groups (broad SMARTS) is 1. The summed E-state index contributed by atoms with van der Waals surface area (Å²) in [5, 5.41) is 31.5. The number of anilines is 1. The van der Waals surface area contributed by atoms with Crippen LogP contribution < -0.4 is 4.90 Å². The Morgan fingerprint density at radius 1 is 1.33 bits per heavy atom. The molecule has 2 heterocycles. The Kier molecular flexibility index (Phi) is 8.13. The second-order valence-corrected chi connectivity index (χ2v) is 10.4. The Bertz CT molecular complexity index is 1380. The van der Waals surface area contributed by atoms with Crippen LogP contribution in [0.2, 0.25) is 10.3 Å². The van der Waals surface area contributed by atoms with E-state index in [1.54, 1.807) is 0 Å². The summed E-state index contributed by atoms with van der Waals surface area (Å²) in [5.41, 5.74) is 0.454. The van der Waals surface area contributed by atoms with E-state index >= 15 is 0 Å². The Balaban J connectivity index is 1.85. The van der Waals surface area contributed by atoms with Crippen LogP contribution in [0.15, 0.2) is 12.1 Å². The van der Waals surface area contributed by atoms with E-state index in [1.807, 2.05) is 25.1 Å². The van der Waals surface area contributed by atoms with Gasteiger partial charge in [0.05, 0.1) is 36.0 Å². The molecule has 0 saturated carbocycles. The third-order valence-corrected chi connectivity index (χ3v) is 7.89. The van der Waals surface area contributed by atoms with Crippen LogP contribution in [0.1, 0.15) is 41.6 Å². The number of aryl methyl sites for hydroxylation is 1. The highest BCUT2D eigenvalue weighted by molar-refractivity contribution is 6.31. The molecular weight excluding hydrogens is 551 g/mol. The number of hydrogen-bond donors (Lipinski definition) is 1. The molecular formula is C25H26Cl2N6O6. The molecule has 4 rings (SSSR count). The maximum absolute atomic E-state index is 13.4. The lowest BCUT2D eigenvalue weighted by molar-refractivity contribution is -0.385. The zero-order valence-corrected chi connectivity index (χ0v) is 22.8. The van der Waals surface area contributed by atoms with Crippen molar-refractivity contribution in [3.8, 4) is 6.07 Å². The summed E-state index contributed by atoms with van der Waals surface area (Å²) in [7, 11) is 1.26. The second kappa shape index (κ2) is 11.2. The molecule has 2 aromatic rings. The highest BCUT2D eigenvalue weighted by atomic mass is 35.5. The number of piperazine rings is 1. The molecule has 0 spiro atoms. The fourth-order valence-electron chi connectivity index (χ4n) is 5.67. The molecule has 206 valence electrons. The van der Waals surface area contributed by atoms with Crippen LogP contribution in [0.3, 0.4) is 0 Å². The highest BCUT2D eigenvalue weighted by Crippen LogP contribution is 2.46. The molecule has 2 atom stereocenters. The predicted octanol–water partition coefficient (Wildman–Crippen LogP) is 4.07. The second-order valence-electron chi connectivity index (χ2n) is 9.68. The zero-order valence-electron chi connectivity index (χ0n) is 21.3. The SMILES string of the molecule is COC(=O)C1(Cc2nc(Cl)nc(N3CCN(C(=O)O)[C@@H](CC#N)C3)c2[N+](=O)[O-])CCCc2c(Cl)cc(C)cc21. The van der Waals surface area contributed by atoms with Gasteiger partial charge in [0.25, 0.3) is 0 Å². The number of carbonyl (C=O) groups is 2. The van der Waals surface area contributed by atoms with Crippen LogP contribution in [-0.4, -0.2) is 69.7 Å². The number of hydrogen-bond acceptors (Lipinski definition) is 9. The van der Waals surface area contributed by atoms with Crippen molar-refractivity contribution in [1.29, 1.82) is 5.26 Å². The molecule has 1 aromatic carbocycles. The maximum Gasteiger partial charge on any atom is 0.407 e. The van der Waals surface area contributed by atoms with Crippen molar-refractivity contribution in [3.05, 3.63) is 54.9 Å². The molecule has 12 nitrogen and oxygen atoms in total. The topological polar surface area (TPSA) is 163 Å². The van der Waals surface area contributed by atoms with Gasteiger partial charge < -0.3 is 19.6 Å². The van der Waals surface area contributed by atoms with Gasteiger partial charge in [-0.1, -0.05) is 17.7 Å².